The van der Waals surface area contributed by atoms with Crippen LogP contribution in [0.4, 0.5) is 0 Å². The number of hydrogen-bond acceptors (Lipinski definition) is 3. The van der Waals surface area contributed by atoms with Crippen LogP contribution in [0.25, 0.3) is 0 Å². The quantitative estimate of drug-likeness (QED) is 0.502. The predicted octanol–water partition coefficient (Wildman–Crippen LogP) is -5.09. The zero-order valence-electron chi connectivity index (χ0n) is 9.27. The molecule has 0 aliphatic rings. The summed E-state index contributed by atoms with van der Waals surface area (Å²) in [6.07, 6.45) is 1.76. The van der Waals surface area contributed by atoms with Crippen LogP contribution in [-0.4, -0.2) is 22.2 Å². The third-order valence-corrected chi connectivity index (χ3v) is 1.12. The van der Waals surface area contributed by atoms with Gasteiger partial charge in [-0.15, -0.1) is 0 Å². The van der Waals surface area contributed by atoms with Crippen molar-refractivity contribution >= 4 is 11.9 Å². The smallest absolute Gasteiger partial charge is 1.00 e. The summed E-state index contributed by atoms with van der Waals surface area (Å²) in [5.41, 5.74) is -0.671. The molecule has 0 bridgehead atoms. The molecule has 7 heteroatoms. The molecule has 0 radical (unpaired) electrons. The molecular formula is C6H6K2O5. The summed E-state index contributed by atoms with van der Waals surface area (Å²) in [6.45, 7) is 0. The van der Waals surface area contributed by atoms with Gasteiger partial charge in [0.1, 0.15) is 23.7 Å². The summed E-state index contributed by atoms with van der Waals surface area (Å²) >= 11 is 0. The second-order valence-electron chi connectivity index (χ2n) is 1.81. The largest absolute Gasteiger partial charge is 1.00 e. The number of furan rings is 1. The molecule has 0 fully saturated rings. The maximum atomic E-state index is 10.3. The van der Waals surface area contributed by atoms with Crippen LogP contribution in [0, 0.1) is 0 Å². The number of carboxylic acids is 2. The van der Waals surface area contributed by atoms with Crippen molar-refractivity contribution in [2.75, 3.05) is 0 Å². The van der Waals surface area contributed by atoms with Crippen molar-refractivity contribution in [3.8, 4) is 0 Å². The standard InChI is InChI=1S/C6H4O5.2K.2H/c7-5(8)3-1-11-2-4(3)6(9)10;;;;/h1-2H,(H,7,8)(H,9,10);;;;/q;2*+1;2*-1. The van der Waals surface area contributed by atoms with Crippen LogP contribution in [0.15, 0.2) is 16.9 Å². The number of carboxylic acid groups (broad SMARTS) is 2. The number of rotatable bonds is 2. The Kier molecular flexibility index (Phi) is 10.1. The number of carbonyl (C=O) groups is 2. The molecule has 1 rings (SSSR count). The molecule has 13 heavy (non-hydrogen) atoms. The minimum Gasteiger partial charge on any atom is -1.00 e. The van der Waals surface area contributed by atoms with Crippen LogP contribution in [0.3, 0.4) is 0 Å². The van der Waals surface area contributed by atoms with Crippen LogP contribution in [-0.2, 0) is 0 Å². The van der Waals surface area contributed by atoms with E-state index in [2.05, 4.69) is 4.42 Å². The Hall–Kier alpha value is 1.49. The Morgan fingerprint density at radius 2 is 1.38 bits per heavy atom. The van der Waals surface area contributed by atoms with Gasteiger partial charge in [0.2, 0.25) is 0 Å². The first-order chi connectivity index (χ1) is 5.13. The monoisotopic (exact) mass is 236 g/mol. The van der Waals surface area contributed by atoms with Crippen molar-refractivity contribution in [3.63, 3.8) is 0 Å². The van der Waals surface area contributed by atoms with Crippen LogP contribution in [0.1, 0.15) is 23.6 Å². The SMILES string of the molecule is O=C(O)c1cocc1C(=O)O.[H-].[H-].[K+].[K+]. The fourth-order valence-electron chi connectivity index (χ4n) is 0.628. The van der Waals surface area contributed by atoms with Crippen LogP contribution in [0.2, 0.25) is 0 Å². The van der Waals surface area contributed by atoms with Crippen molar-refractivity contribution in [1.29, 1.82) is 0 Å². The van der Waals surface area contributed by atoms with Gasteiger partial charge >= 0.3 is 115 Å². The summed E-state index contributed by atoms with van der Waals surface area (Å²) in [5, 5.41) is 16.8. The van der Waals surface area contributed by atoms with E-state index in [-0.39, 0.29) is 117 Å². The molecule has 0 saturated carbocycles. The molecule has 0 aliphatic carbocycles. The zero-order valence-corrected chi connectivity index (χ0v) is 13.5. The minimum atomic E-state index is -1.31. The number of aromatic carboxylic acids is 2. The maximum Gasteiger partial charge on any atom is 1.00 e. The molecule has 1 aromatic rings. The summed E-state index contributed by atoms with van der Waals surface area (Å²) in [6, 6.07) is 0. The molecule has 0 atom stereocenters. The Balaban J connectivity index is -0.000000151. The molecule has 1 heterocycles. The van der Waals surface area contributed by atoms with E-state index in [4.69, 9.17) is 10.2 Å². The summed E-state index contributed by atoms with van der Waals surface area (Å²) in [5.74, 6) is -2.62. The first-order valence-electron chi connectivity index (χ1n) is 2.65. The minimum absolute atomic E-state index is 0. The van der Waals surface area contributed by atoms with E-state index >= 15 is 0 Å². The molecule has 0 aliphatic heterocycles. The zero-order chi connectivity index (χ0) is 8.43. The average molecular weight is 236 g/mol. The van der Waals surface area contributed by atoms with Gasteiger partial charge in [-0.05, 0) is 0 Å². The molecule has 1 aromatic heterocycles. The van der Waals surface area contributed by atoms with E-state index in [1.54, 1.807) is 0 Å². The molecule has 5 nitrogen and oxygen atoms in total. The molecule has 0 unspecified atom stereocenters. The van der Waals surface area contributed by atoms with Crippen LogP contribution >= 0.6 is 0 Å². The maximum absolute atomic E-state index is 10.3. The molecule has 0 spiro atoms. The van der Waals surface area contributed by atoms with E-state index in [1.165, 1.54) is 0 Å². The van der Waals surface area contributed by atoms with Crippen molar-refractivity contribution in [3.05, 3.63) is 23.7 Å². The summed E-state index contributed by atoms with van der Waals surface area (Å²) < 4.78 is 4.41. The fraction of sp³-hybridized carbons (Fsp3) is 0. The van der Waals surface area contributed by atoms with Gasteiger partial charge < -0.3 is 17.5 Å². The number of hydrogen-bond donors (Lipinski definition) is 2. The van der Waals surface area contributed by atoms with Gasteiger partial charge in [-0.25, -0.2) is 9.59 Å². The molecule has 0 amide bonds. The van der Waals surface area contributed by atoms with Gasteiger partial charge in [0.15, 0.2) is 0 Å². The van der Waals surface area contributed by atoms with Gasteiger partial charge in [0.05, 0.1) is 0 Å². The van der Waals surface area contributed by atoms with Crippen molar-refractivity contribution in [2.45, 2.75) is 0 Å². The summed E-state index contributed by atoms with van der Waals surface area (Å²) in [7, 11) is 0. The van der Waals surface area contributed by atoms with Gasteiger partial charge in [-0.3, -0.25) is 0 Å². The van der Waals surface area contributed by atoms with E-state index in [9.17, 15) is 9.59 Å². The Morgan fingerprint density at radius 1 is 1.08 bits per heavy atom. The van der Waals surface area contributed by atoms with Gasteiger partial charge in [0, 0.05) is 0 Å². The van der Waals surface area contributed by atoms with Crippen molar-refractivity contribution < 1.29 is 130 Å². The van der Waals surface area contributed by atoms with Crippen LogP contribution < -0.4 is 103 Å². The molecule has 0 saturated heterocycles. The Labute approximate surface area is 162 Å². The van der Waals surface area contributed by atoms with Crippen molar-refractivity contribution in [1.82, 2.24) is 0 Å². The predicted molar refractivity (Wildman–Crippen MR) is 34.9 cm³/mol. The van der Waals surface area contributed by atoms with E-state index in [1.807, 2.05) is 0 Å². The average Bonchev–Trinajstić information content (AvgIpc) is 2.32. The first-order valence-corrected chi connectivity index (χ1v) is 2.65. The Morgan fingerprint density at radius 3 is 1.62 bits per heavy atom. The molecule has 2 N–H and O–H groups in total. The van der Waals surface area contributed by atoms with Gasteiger partial charge in [-0.2, -0.15) is 0 Å². The normalized spacial score (nSPS) is 8.00. The first kappa shape index (κ1) is 16.9. The molecule has 62 valence electrons. The van der Waals surface area contributed by atoms with Gasteiger partial charge in [-0.1, -0.05) is 0 Å². The Bertz CT molecular complexity index is 286. The second kappa shape index (κ2) is 7.74. The fourth-order valence-corrected chi connectivity index (χ4v) is 0.628. The van der Waals surface area contributed by atoms with E-state index in [0.29, 0.717) is 0 Å². The van der Waals surface area contributed by atoms with Crippen molar-refractivity contribution in [2.24, 2.45) is 0 Å². The summed E-state index contributed by atoms with van der Waals surface area (Å²) in [4.78, 5) is 20.5. The second-order valence-corrected chi connectivity index (χ2v) is 1.81. The molecular weight excluding hydrogens is 230 g/mol. The van der Waals surface area contributed by atoms with E-state index < -0.39 is 11.9 Å². The van der Waals surface area contributed by atoms with E-state index in [0.717, 1.165) is 12.5 Å². The van der Waals surface area contributed by atoms with Crippen LogP contribution in [0.5, 0.6) is 0 Å². The van der Waals surface area contributed by atoms with Gasteiger partial charge in [0.25, 0.3) is 0 Å². The third kappa shape index (κ3) is 4.69. The third-order valence-electron chi connectivity index (χ3n) is 1.12. The molecule has 0 aromatic carbocycles. The topological polar surface area (TPSA) is 87.7 Å².